The van der Waals surface area contributed by atoms with E-state index in [0.29, 0.717) is 6.08 Å². The van der Waals surface area contributed by atoms with E-state index in [9.17, 15) is 22.8 Å². The number of hydrogen-bond donors (Lipinski definition) is 1. The van der Waals surface area contributed by atoms with Gasteiger partial charge in [-0.15, -0.1) is 0 Å². The maximum absolute atomic E-state index is 12.7. The maximum atomic E-state index is 12.7. The molecule has 7 heteroatoms. The van der Waals surface area contributed by atoms with Crippen LogP contribution in [0.3, 0.4) is 0 Å². The van der Waals surface area contributed by atoms with Gasteiger partial charge in [-0.05, 0) is 0 Å². The van der Waals surface area contributed by atoms with Gasteiger partial charge in [0.05, 0.1) is 13.0 Å². The number of amides is 2. The molecular weight excluding hydrogens is 261 g/mol. The van der Waals surface area contributed by atoms with Crippen molar-refractivity contribution in [3.63, 3.8) is 0 Å². The molecule has 2 amide bonds. The van der Waals surface area contributed by atoms with E-state index in [0.717, 1.165) is 6.92 Å². The van der Waals surface area contributed by atoms with Gasteiger partial charge in [0.15, 0.2) is 11.4 Å². The Morgan fingerprint density at radius 2 is 1.79 bits per heavy atom. The van der Waals surface area contributed by atoms with E-state index >= 15 is 0 Å². The Bertz CT molecular complexity index is 566. The first-order valence-electron chi connectivity index (χ1n) is 5.36. The summed E-state index contributed by atoms with van der Waals surface area (Å²) in [6, 6.07) is 7.55. The molecule has 100 valence electrons. The highest BCUT2D eigenvalue weighted by Crippen LogP contribution is 2.33. The van der Waals surface area contributed by atoms with Gasteiger partial charge in [0.25, 0.3) is 0 Å². The van der Waals surface area contributed by atoms with Gasteiger partial charge in [-0.2, -0.15) is 13.2 Å². The number of carbonyl (C=O) groups is 2. The van der Waals surface area contributed by atoms with Crippen molar-refractivity contribution in [1.82, 2.24) is 10.0 Å². The van der Waals surface area contributed by atoms with Gasteiger partial charge in [-0.25, -0.2) is 15.0 Å². The first-order chi connectivity index (χ1) is 8.78. The second-order valence-corrected chi connectivity index (χ2v) is 4.03. The smallest absolute Gasteiger partial charge is 0.228 e. The van der Waals surface area contributed by atoms with Gasteiger partial charge in [-0.1, -0.05) is 22.8 Å². The molecule has 0 fully saturated rings. The topological polar surface area (TPSA) is 46.2 Å². The molecule has 1 aromatic rings. The predicted octanol–water partition coefficient (Wildman–Crippen LogP) is 2.03. The van der Waals surface area contributed by atoms with E-state index in [1.165, 1.54) is 12.1 Å². The van der Waals surface area contributed by atoms with Crippen LogP contribution in [0.4, 0.5) is 18.9 Å². The van der Waals surface area contributed by atoms with E-state index in [4.69, 9.17) is 0 Å². The third-order valence-corrected chi connectivity index (χ3v) is 2.81. The standard InChI is InChI=1S/C12H9F3N2O2/c1-8(18)17(9-5-3-2-4-6-9)11(19)7-10(16-17)12(13,14)15/h2-7H,1H3/p+1. The number of halogens is 3. The van der Waals surface area contributed by atoms with E-state index in [2.05, 4.69) is 0 Å². The zero-order chi connectivity index (χ0) is 14.3. The van der Waals surface area contributed by atoms with E-state index < -0.39 is 28.3 Å². The van der Waals surface area contributed by atoms with Crippen LogP contribution < -0.4 is 10.0 Å². The third-order valence-electron chi connectivity index (χ3n) is 2.81. The Morgan fingerprint density at radius 3 is 2.21 bits per heavy atom. The summed E-state index contributed by atoms with van der Waals surface area (Å²) in [5.74, 6) is -1.71. The molecule has 0 radical (unpaired) electrons. The Balaban J connectivity index is 2.52. The molecule has 1 atom stereocenters. The lowest BCUT2D eigenvalue weighted by Crippen LogP contribution is -2.62. The summed E-state index contributed by atoms with van der Waals surface area (Å²) >= 11 is 0. The van der Waals surface area contributed by atoms with Gasteiger partial charge < -0.3 is 0 Å². The van der Waals surface area contributed by atoms with Crippen LogP contribution in [0.2, 0.25) is 0 Å². The molecule has 0 bridgehead atoms. The number of para-hydroxylation sites is 1. The third kappa shape index (κ3) is 2.01. The van der Waals surface area contributed by atoms with Crippen molar-refractivity contribution in [2.45, 2.75) is 13.1 Å². The number of imide groups is 1. The minimum absolute atomic E-state index is 0.135. The van der Waals surface area contributed by atoms with Gasteiger partial charge >= 0.3 is 18.0 Å². The van der Waals surface area contributed by atoms with E-state index in [1.54, 1.807) is 18.2 Å². The number of hydrogen-bond acceptors (Lipinski definition) is 3. The fourth-order valence-electron chi connectivity index (χ4n) is 1.89. The minimum atomic E-state index is -4.71. The number of carbonyl (C=O) groups excluding carboxylic acids is 2. The molecule has 19 heavy (non-hydrogen) atoms. The fourth-order valence-corrected chi connectivity index (χ4v) is 1.89. The Labute approximate surface area is 106 Å². The summed E-state index contributed by atoms with van der Waals surface area (Å²) in [4.78, 5) is 23.6. The molecule has 1 N–H and O–H groups in total. The summed E-state index contributed by atoms with van der Waals surface area (Å²) in [6.07, 6.45) is -4.30. The maximum Gasteiger partial charge on any atom is 0.436 e. The van der Waals surface area contributed by atoms with Crippen molar-refractivity contribution in [3.05, 3.63) is 42.1 Å². The molecule has 1 unspecified atom stereocenters. The van der Waals surface area contributed by atoms with Crippen molar-refractivity contribution in [1.29, 1.82) is 0 Å². The zero-order valence-corrected chi connectivity index (χ0v) is 9.86. The molecule has 2 rings (SSSR count). The fraction of sp³-hybridized carbons (Fsp3) is 0.167. The second-order valence-electron chi connectivity index (χ2n) is 4.03. The molecule has 0 spiro atoms. The zero-order valence-electron chi connectivity index (χ0n) is 9.86. The number of benzene rings is 1. The first kappa shape index (κ1) is 13.3. The van der Waals surface area contributed by atoms with Crippen LogP contribution >= 0.6 is 0 Å². The molecule has 1 aliphatic rings. The molecule has 0 aromatic heterocycles. The lowest BCUT2D eigenvalue weighted by atomic mass is 10.2. The van der Waals surface area contributed by atoms with Crippen LogP contribution in [0.1, 0.15) is 6.92 Å². The lowest BCUT2D eigenvalue weighted by Gasteiger charge is -2.27. The lowest BCUT2D eigenvalue weighted by molar-refractivity contribution is -0.142. The Morgan fingerprint density at radius 1 is 1.21 bits per heavy atom. The van der Waals surface area contributed by atoms with Crippen LogP contribution in [0.15, 0.2) is 42.1 Å². The van der Waals surface area contributed by atoms with Gasteiger partial charge in [0, 0.05) is 12.1 Å². The summed E-state index contributed by atoms with van der Waals surface area (Å²) in [6.45, 7) is 1.06. The second kappa shape index (κ2) is 4.20. The molecule has 0 saturated carbocycles. The number of nitrogens with zero attached hydrogens (tertiary/aromatic N) is 1. The summed E-state index contributed by atoms with van der Waals surface area (Å²) in [5.41, 5.74) is 0.894. The van der Waals surface area contributed by atoms with Gasteiger partial charge in [-0.3, -0.25) is 0 Å². The molecule has 1 aromatic carbocycles. The number of rotatable bonds is 1. The van der Waals surface area contributed by atoms with Crippen molar-refractivity contribution in [2.24, 2.45) is 0 Å². The summed E-state index contributed by atoms with van der Waals surface area (Å²) in [7, 11) is 0. The van der Waals surface area contributed by atoms with Crippen LogP contribution in [0.25, 0.3) is 0 Å². The minimum Gasteiger partial charge on any atom is -0.228 e. The van der Waals surface area contributed by atoms with E-state index in [1.807, 2.05) is 5.43 Å². The van der Waals surface area contributed by atoms with Gasteiger partial charge in [0.1, 0.15) is 0 Å². The van der Waals surface area contributed by atoms with Crippen molar-refractivity contribution < 1.29 is 22.8 Å². The largest absolute Gasteiger partial charge is 0.436 e. The van der Waals surface area contributed by atoms with Crippen molar-refractivity contribution in [2.75, 3.05) is 0 Å². The number of alkyl halides is 3. The van der Waals surface area contributed by atoms with Crippen molar-refractivity contribution >= 4 is 17.5 Å². The average Bonchev–Trinajstić information content (AvgIpc) is 2.69. The molecule has 0 saturated heterocycles. The number of allylic oxidation sites excluding steroid dienone is 1. The van der Waals surface area contributed by atoms with Gasteiger partial charge in [0.2, 0.25) is 0 Å². The highest BCUT2D eigenvalue weighted by Gasteiger charge is 2.55. The Kier molecular flexibility index (Phi) is 2.94. The van der Waals surface area contributed by atoms with Crippen LogP contribution in [-0.4, -0.2) is 18.0 Å². The van der Waals surface area contributed by atoms with Crippen LogP contribution in [0.5, 0.6) is 0 Å². The summed E-state index contributed by atoms with van der Waals surface area (Å²) < 4.78 is 36.8. The SMILES string of the molecule is CC(=O)[N+]1(c2ccccc2)NC(C(F)(F)F)=CC1=O. The van der Waals surface area contributed by atoms with Crippen molar-refractivity contribution in [3.8, 4) is 0 Å². The quantitative estimate of drug-likeness (QED) is 0.795. The Hall–Kier alpha value is -2.15. The number of quaternary nitrogens is 1. The highest BCUT2D eigenvalue weighted by molar-refractivity contribution is 6.13. The molecular formula is C12H10F3N2O2+. The average molecular weight is 271 g/mol. The van der Waals surface area contributed by atoms with Crippen LogP contribution in [0, 0.1) is 0 Å². The molecule has 1 aliphatic heterocycles. The number of nitrogens with one attached hydrogen (secondary N) is 1. The normalized spacial score (nSPS) is 22.9. The molecule has 1 heterocycles. The monoisotopic (exact) mass is 271 g/mol. The van der Waals surface area contributed by atoms with Crippen LogP contribution in [-0.2, 0) is 9.59 Å². The molecule has 0 aliphatic carbocycles. The first-order valence-corrected chi connectivity index (χ1v) is 5.36. The predicted molar refractivity (Wildman–Crippen MR) is 61.2 cm³/mol. The highest BCUT2D eigenvalue weighted by atomic mass is 19.4. The summed E-state index contributed by atoms with van der Waals surface area (Å²) in [5, 5.41) is 0. The molecule has 4 nitrogen and oxygen atoms in total. The van der Waals surface area contributed by atoms with E-state index in [-0.39, 0.29) is 5.69 Å².